The molecule has 0 N–H and O–H groups in total. The van der Waals surface area contributed by atoms with Crippen molar-refractivity contribution in [2.75, 3.05) is 13.1 Å². The van der Waals surface area contributed by atoms with Crippen LogP contribution in [0, 0.1) is 6.57 Å². The van der Waals surface area contributed by atoms with Crippen LogP contribution in [0.25, 0.3) is 4.85 Å². The summed E-state index contributed by atoms with van der Waals surface area (Å²) in [7, 11) is 0. The van der Waals surface area contributed by atoms with Crippen LogP contribution in [-0.2, 0) is 19.4 Å². The average molecular weight is 306 g/mol. The van der Waals surface area contributed by atoms with E-state index in [4.69, 9.17) is 11.7 Å². The van der Waals surface area contributed by atoms with Gasteiger partial charge in [-0.2, -0.15) is 5.10 Å². The molecule has 0 radical (unpaired) electrons. The molecule has 4 heteroatoms. The number of aromatic nitrogens is 2. The minimum Gasteiger partial charge on any atom is -0.300 e. The van der Waals surface area contributed by atoms with Crippen LogP contribution in [0.5, 0.6) is 0 Å². The highest BCUT2D eigenvalue weighted by atomic mass is 15.3. The predicted octanol–water partition coefficient (Wildman–Crippen LogP) is 3.44. The first-order valence-electron chi connectivity index (χ1n) is 8.57. The summed E-state index contributed by atoms with van der Waals surface area (Å²) in [4.78, 5) is 6.10. The fourth-order valence-electron chi connectivity index (χ4n) is 3.61. The van der Waals surface area contributed by atoms with Crippen LogP contribution < -0.4 is 0 Å². The fourth-order valence-corrected chi connectivity index (χ4v) is 3.61. The number of fused-ring (bicyclic) bond motifs is 1. The molecule has 0 amide bonds. The van der Waals surface area contributed by atoms with E-state index in [0.29, 0.717) is 5.69 Å². The SMILES string of the molecule is [C-]#[N+]c1ccc(Cn2cc3c(n2)CCN(C2CCC2)CC3)cc1. The van der Waals surface area contributed by atoms with Crippen LogP contribution in [0.4, 0.5) is 5.69 Å². The second kappa shape index (κ2) is 6.17. The molecule has 0 bridgehead atoms. The fraction of sp³-hybridized carbons (Fsp3) is 0.474. The van der Waals surface area contributed by atoms with Crippen molar-refractivity contribution < 1.29 is 0 Å². The second-order valence-electron chi connectivity index (χ2n) is 6.70. The minimum atomic E-state index is 0.695. The van der Waals surface area contributed by atoms with Crippen molar-refractivity contribution in [3.05, 3.63) is 58.7 Å². The lowest BCUT2D eigenvalue weighted by Crippen LogP contribution is -2.41. The largest absolute Gasteiger partial charge is 0.300 e. The van der Waals surface area contributed by atoms with E-state index in [2.05, 4.69) is 20.6 Å². The number of benzene rings is 1. The molecule has 0 saturated heterocycles. The summed E-state index contributed by atoms with van der Waals surface area (Å²) in [5.41, 5.74) is 4.60. The summed E-state index contributed by atoms with van der Waals surface area (Å²) in [6, 6.07) is 8.66. The zero-order chi connectivity index (χ0) is 15.6. The van der Waals surface area contributed by atoms with Gasteiger partial charge in [-0.05, 0) is 30.4 Å². The summed E-state index contributed by atoms with van der Waals surface area (Å²) in [6.45, 7) is 10.1. The van der Waals surface area contributed by atoms with Crippen molar-refractivity contribution in [2.45, 2.75) is 44.7 Å². The highest BCUT2D eigenvalue weighted by Gasteiger charge is 2.27. The van der Waals surface area contributed by atoms with Crippen molar-refractivity contribution in [1.29, 1.82) is 0 Å². The zero-order valence-electron chi connectivity index (χ0n) is 13.4. The molecule has 23 heavy (non-hydrogen) atoms. The molecular formula is C19H22N4. The summed E-state index contributed by atoms with van der Waals surface area (Å²) in [5, 5.41) is 4.82. The van der Waals surface area contributed by atoms with Crippen LogP contribution in [0.3, 0.4) is 0 Å². The number of rotatable bonds is 3. The van der Waals surface area contributed by atoms with Gasteiger partial charge in [0.05, 0.1) is 18.8 Å². The Kier molecular flexibility index (Phi) is 3.88. The molecule has 4 nitrogen and oxygen atoms in total. The Morgan fingerprint density at radius 3 is 2.61 bits per heavy atom. The van der Waals surface area contributed by atoms with Gasteiger partial charge in [0.15, 0.2) is 5.69 Å². The van der Waals surface area contributed by atoms with E-state index in [0.717, 1.165) is 32.0 Å². The first-order valence-corrected chi connectivity index (χ1v) is 8.57. The number of nitrogens with zero attached hydrogens (tertiary/aromatic N) is 4. The summed E-state index contributed by atoms with van der Waals surface area (Å²) < 4.78 is 2.07. The third-order valence-corrected chi connectivity index (χ3v) is 5.23. The van der Waals surface area contributed by atoms with Gasteiger partial charge in [-0.25, -0.2) is 4.85 Å². The van der Waals surface area contributed by atoms with E-state index in [-0.39, 0.29) is 0 Å². The molecule has 2 heterocycles. The van der Waals surface area contributed by atoms with E-state index >= 15 is 0 Å². The van der Waals surface area contributed by atoms with Gasteiger partial charge in [0.25, 0.3) is 0 Å². The van der Waals surface area contributed by atoms with E-state index in [1.165, 1.54) is 42.6 Å². The molecule has 0 atom stereocenters. The van der Waals surface area contributed by atoms with Gasteiger partial charge in [0.1, 0.15) is 0 Å². The Balaban J connectivity index is 1.43. The number of hydrogen-bond donors (Lipinski definition) is 0. The summed E-state index contributed by atoms with van der Waals surface area (Å²) in [6.07, 6.45) is 8.61. The van der Waals surface area contributed by atoms with E-state index in [1.54, 1.807) is 0 Å². The van der Waals surface area contributed by atoms with Crippen molar-refractivity contribution in [3.8, 4) is 0 Å². The van der Waals surface area contributed by atoms with Gasteiger partial charge < -0.3 is 0 Å². The lowest BCUT2D eigenvalue weighted by Gasteiger charge is -2.36. The Bertz CT molecular complexity index is 693. The molecule has 2 aliphatic rings. The van der Waals surface area contributed by atoms with E-state index in [9.17, 15) is 0 Å². The maximum absolute atomic E-state index is 7.01. The lowest BCUT2D eigenvalue weighted by atomic mass is 9.91. The van der Waals surface area contributed by atoms with Crippen LogP contribution in [0.2, 0.25) is 0 Å². The summed E-state index contributed by atoms with van der Waals surface area (Å²) in [5.74, 6) is 0. The molecule has 1 fully saturated rings. The Morgan fingerprint density at radius 2 is 1.91 bits per heavy atom. The maximum Gasteiger partial charge on any atom is 0.187 e. The van der Waals surface area contributed by atoms with Gasteiger partial charge in [0.2, 0.25) is 0 Å². The minimum absolute atomic E-state index is 0.695. The molecular weight excluding hydrogens is 284 g/mol. The van der Waals surface area contributed by atoms with Crippen LogP contribution in [0.15, 0.2) is 30.5 Å². The van der Waals surface area contributed by atoms with Crippen LogP contribution in [0.1, 0.15) is 36.1 Å². The first-order chi connectivity index (χ1) is 11.3. The van der Waals surface area contributed by atoms with Crippen molar-refractivity contribution in [1.82, 2.24) is 14.7 Å². The zero-order valence-corrected chi connectivity index (χ0v) is 13.4. The third kappa shape index (κ3) is 3.02. The smallest absolute Gasteiger partial charge is 0.187 e. The lowest BCUT2D eigenvalue weighted by molar-refractivity contribution is 0.133. The molecule has 1 saturated carbocycles. The molecule has 0 spiro atoms. The van der Waals surface area contributed by atoms with Crippen molar-refractivity contribution in [3.63, 3.8) is 0 Å². The molecule has 0 unspecified atom stereocenters. The van der Waals surface area contributed by atoms with Crippen LogP contribution >= 0.6 is 0 Å². The molecule has 1 aliphatic heterocycles. The molecule has 4 rings (SSSR count). The Hall–Kier alpha value is -2.12. The molecule has 2 aromatic rings. The molecule has 1 aliphatic carbocycles. The second-order valence-corrected chi connectivity index (χ2v) is 6.70. The average Bonchev–Trinajstić information content (AvgIpc) is 2.81. The highest BCUT2D eigenvalue weighted by Crippen LogP contribution is 2.27. The Labute approximate surface area is 137 Å². The normalized spacial score (nSPS) is 18.7. The highest BCUT2D eigenvalue weighted by molar-refractivity contribution is 5.45. The first kappa shape index (κ1) is 14.5. The topological polar surface area (TPSA) is 25.4 Å². The Morgan fingerprint density at radius 1 is 1.13 bits per heavy atom. The van der Waals surface area contributed by atoms with Crippen molar-refractivity contribution >= 4 is 5.69 Å². The van der Waals surface area contributed by atoms with Crippen LogP contribution in [-0.4, -0.2) is 33.8 Å². The van der Waals surface area contributed by atoms with Gasteiger partial charge in [-0.3, -0.25) is 9.58 Å². The monoisotopic (exact) mass is 306 g/mol. The van der Waals surface area contributed by atoms with Crippen molar-refractivity contribution in [2.24, 2.45) is 0 Å². The molecule has 118 valence electrons. The van der Waals surface area contributed by atoms with Gasteiger partial charge in [-0.15, -0.1) is 0 Å². The molecule has 1 aromatic heterocycles. The number of hydrogen-bond acceptors (Lipinski definition) is 2. The third-order valence-electron chi connectivity index (χ3n) is 5.23. The van der Waals surface area contributed by atoms with Gasteiger partial charge >= 0.3 is 0 Å². The summed E-state index contributed by atoms with van der Waals surface area (Å²) >= 11 is 0. The van der Waals surface area contributed by atoms with Gasteiger partial charge in [-0.1, -0.05) is 30.7 Å². The predicted molar refractivity (Wildman–Crippen MR) is 90.7 cm³/mol. The van der Waals surface area contributed by atoms with E-state index < -0.39 is 0 Å². The standard InChI is InChI=1S/C19H22N4/c1-20-17-7-5-15(6-8-17)13-23-14-16-9-11-22(18-3-2-4-18)12-10-19(16)21-23/h5-8,14,18H,2-4,9-13H2. The van der Waals surface area contributed by atoms with E-state index in [1.807, 2.05) is 24.3 Å². The quantitative estimate of drug-likeness (QED) is 0.812. The maximum atomic E-state index is 7.01. The van der Waals surface area contributed by atoms with Gasteiger partial charge in [0, 0.05) is 31.7 Å². The molecule has 1 aromatic carbocycles.